The first-order chi connectivity index (χ1) is 15.5. The van der Waals surface area contributed by atoms with E-state index in [9.17, 15) is 9.59 Å². The van der Waals surface area contributed by atoms with Crippen LogP contribution in [0.3, 0.4) is 0 Å². The number of benzene rings is 1. The Labute approximate surface area is 212 Å². The zero-order valence-corrected chi connectivity index (χ0v) is 21.9. The third-order valence-corrected chi connectivity index (χ3v) is 5.60. The Balaban J connectivity index is 0.00000385. The second kappa shape index (κ2) is 13.2. The number of guanidine groups is 1. The molecule has 9 heteroatoms. The van der Waals surface area contributed by atoms with Gasteiger partial charge in [-0.2, -0.15) is 0 Å². The number of rotatable bonds is 7. The van der Waals surface area contributed by atoms with Gasteiger partial charge in [0, 0.05) is 44.3 Å². The minimum Gasteiger partial charge on any atom is -0.459 e. The average Bonchev–Trinajstić information content (AvgIpc) is 3.36. The Bertz CT molecular complexity index is 924. The molecule has 1 aromatic heterocycles. The number of carbonyl (C=O) groups is 2. The monoisotopic (exact) mass is 567 g/mol. The fraction of sp³-hybridized carbons (Fsp3) is 0.458. The minimum absolute atomic E-state index is 0. The van der Waals surface area contributed by atoms with Crippen molar-refractivity contribution in [1.29, 1.82) is 0 Å². The number of halogens is 1. The van der Waals surface area contributed by atoms with Gasteiger partial charge in [0.15, 0.2) is 11.7 Å². The number of nitrogens with zero attached hydrogens (tertiary/aromatic N) is 3. The number of nitrogens with one attached hydrogen (secondary N) is 2. The molecule has 0 aliphatic carbocycles. The maximum absolute atomic E-state index is 12.5. The molecule has 2 N–H and O–H groups in total. The second-order valence-electron chi connectivity index (χ2n) is 7.93. The van der Waals surface area contributed by atoms with Gasteiger partial charge in [-0.3, -0.25) is 9.59 Å². The molecule has 1 fully saturated rings. The fourth-order valence-electron chi connectivity index (χ4n) is 3.47. The van der Waals surface area contributed by atoms with Crippen LogP contribution in [0.15, 0.2) is 52.1 Å². The molecule has 0 bridgehead atoms. The first-order valence-corrected chi connectivity index (χ1v) is 11.3. The molecule has 2 heterocycles. The van der Waals surface area contributed by atoms with Crippen molar-refractivity contribution in [1.82, 2.24) is 15.1 Å². The van der Waals surface area contributed by atoms with Crippen LogP contribution in [0.25, 0.3) is 0 Å². The number of furan rings is 1. The lowest BCUT2D eigenvalue weighted by molar-refractivity contribution is -0.119. The smallest absolute Gasteiger partial charge is 0.289 e. The topological polar surface area (TPSA) is 90.2 Å². The first-order valence-electron chi connectivity index (χ1n) is 11.3. The van der Waals surface area contributed by atoms with Crippen LogP contribution in [-0.2, 0) is 11.3 Å². The van der Waals surface area contributed by atoms with Crippen LogP contribution >= 0.6 is 24.0 Å². The lowest BCUT2D eigenvalue weighted by atomic mass is 10.1. The van der Waals surface area contributed by atoms with Gasteiger partial charge in [0.05, 0.1) is 12.8 Å². The van der Waals surface area contributed by atoms with E-state index in [4.69, 9.17) is 9.41 Å². The summed E-state index contributed by atoms with van der Waals surface area (Å²) in [4.78, 5) is 33.4. The van der Waals surface area contributed by atoms with Gasteiger partial charge in [0.1, 0.15) is 0 Å². The van der Waals surface area contributed by atoms with Crippen molar-refractivity contribution < 1.29 is 14.0 Å². The molecule has 2 amide bonds. The number of amides is 2. The normalized spacial score (nSPS) is 14.9. The van der Waals surface area contributed by atoms with Crippen molar-refractivity contribution >= 4 is 47.4 Å². The molecule has 0 radical (unpaired) electrons. The van der Waals surface area contributed by atoms with E-state index in [0.29, 0.717) is 38.5 Å². The molecular weight excluding hydrogens is 533 g/mol. The minimum atomic E-state index is -0.0761. The van der Waals surface area contributed by atoms with E-state index in [1.165, 1.54) is 6.26 Å². The maximum Gasteiger partial charge on any atom is 0.289 e. The van der Waals surface area contributed by atoms with Crippen LogP contribution in [0.1, 0.15) is 43.3 Å². The molecule has 1 aliphatic rings. The largest absolute Gasteiger partial charge is 0.459 e. The van der Waals surface area contributed by atoms with Crippen LogP contribution in [-0.4, -0.2) is 60.3 Å². The van der Waals surface area contributed by atoms with Gasteiger partial charge in [-0.05, 0) is 43.2 Å². The highest BCUT2D eigenvalue weighted by atomic mass is 127. The molecular formula is C24H34IN5O3. The number of hydrogen-bond acceptors (Lipinski definition) is 4. The summed E-state index contributed by atoms with van der Waals surface area (Å²) in [5.74, 6) is 1.14. The van der Waals surface area contributed by atoms with Crippen LogP contribution in [0.4, 0.5) is 5.69 Å². The summed E-state index contributed by atoms with van der Waals surface area (Å²) in [7, 11) is 0. The van der Waals surface area contributed by atoms with Gasteiger partial charge in [0.2, 0.25) is 5.91 Å². The Kier molecular flexibility index (Phi) is 10.7. The summed E-state index contributed by atoms with van der Waals surface area (Å²) in [6.07, 6.45) is 2.33. The van der Waals surface area contributed by atoms with Gasteiger partial charge >= 0.3 is 0 Å². The Morgan fingerprint density at radius 2 is 1.82 bits per heavy atom. The van der Waals surface area contributed by atoms with Crippen LogP contribution < -0.4 is 10.6 Å². The lowest BCUT2D eigenvalue weighted by Gasteiger charge is -2.36. The molecule has 1 aromatic carbocycles. The fourth-order valence-corrected chi connectivity index (χ4v) is 3.47. The van der Waals surface area contributed by atoms with Crippen molar-refractivity contribution in [3.8, 4) is 0 Å². The quantitative estimate of drug-likeness (QED) is 0.302. The van der Waals surface area contributed by atoms with Crippen molar-refractivity contribution in [2.24, 2.45) is 10.9 Å². The highest BCUT2D eigenvalue weighted by molar-refractivity contribution is 14.0. The van der Waals surface area contributed by atoms with Crippen LogP contribution in [0.5, 0.6) is 0 Å². The van der Waals surface area contributed by atoms with Crippen molar-refractivity contribution in [2.75, 3.05) is 38.0 Å². The van der Waals surface area contributed by atoms with E-state index in [1.807, 2.05) is 49.9 Å². The van der Waals surface area contributed by atoms with Crippen molar-refractivity contribution in [3.05, 3.63) is 54.0 Å². The van der Waals surface area contributed by atoms with Gasteiger partial charge in [0.25, 0.3) is 5.91 Å². The number of piperazine rings is 1. The molecule has 0 saturated carbocycles. The third kappa shape index (κ3) is 7.48. The molecule has 2 aromatic rings. The standard InChI is InChI=1S/C24H33N5O3.HI/c1-4-18(3)22(30)27-20-9-6-8-19(16-20)17-26-24(25-5-2)29-13-11-28(12-14-29)23(31)21-10-7-15-32-21;/h6-10,15-16,18H,4-5,11-14,17H2,1-3H3,(H,25,26)(H,27,30);1H. The van der Waals surface area contributed by atoms with E-state index in [-0.39, 0.29) is 41.7 Å². The Morgan fingerprint density at radius 3 is 2.45 bits per heavy atom. The Hall–Kier alpha value is -2.56. The maximum atomic E-state index is 12.5. The number of aliphatic imine (C=N–C) groups is 1. The molecule has 3 rings (SSSR count). The third-order valence-electron chi connectivity index (χ3n) is 5.60. The summed E-state index contributed by atoms with van der Waals surface area (Å²) in [5, 5.41) is 6.33. The number of carbonyl (C=O) groups excluding carboxylic acids is 2. The molecule has 180 valence electrons. The SMILES string of the molecule is CCNC(=NCc1cccc(NC(=O)C(C)CC)c1)N1CCN(C(=O)c2ccco2)CC1.I. The molecule has 1 atom stereocenters. The summed E-state index contributed by atoms with van der Waals surface area (Å²) >= 11 is 0. The van der Waals surface area contributed by atoms with Gasteiger partial charge in [-0.1, -0.05) is 26.0 Å². The zero-order chi connectivity index (χ0) is 22.9. The molecule has 1 saturated heterocycles. The van der Waals surface area contributed by atoms with E-state index in [1.54, 1.807) is 12.1 Å². The molecule has 1 aliphatic heterocycles. The van der Waals surface area contributed by atoms with E-state index in [2.05, 4.69) is 15.5 Å². The molecule has 0 spiro atoms. The summed E-state index contributed by atoms with van der Waals surface area (Å²) in [5.41, 5.74) is 1.81. The van der Waals surface area contributed by atoms with Crippen LogP contribution in [0.2, 0.25) is 0 Å². The number of hydrogen-bond donors (Lipinski definition) is 2. The van der Waals surface area contributed by atoms with Gasteiger partial charge in [-0.15, -0.1) is 24.0 Å². The first kappa shape index (κ1) is 26.7. The Morgan fingerprint density at radius 1 is 1.09 bits per heavy atom. The van der Waals surface area contributed by atoms with Crippen LogP contribution in [0, 0.1) is 5.92 Å². The highest BCUT2D eigenvalue weighted by Crippen LogP contribution is 2.15. The van der Waals surface area contributed by atoms with E-state index in [0.717, 1.165) is 30.2 Å². The van der Waals surface area contributed by atoms with E-state index < -0.39 is 0 Å². The zero-order valence-electron chi connectivity index (χ0n) is 19.5. The predicted molar refractivity (Wildman–Crippen MR) is 141 cm³/mol. The molecule has 33 heavy (non-hydrogen) atoms. The summed E-state index contributed by atoms with van der Waals surface area (Å²) in [6, 6.07) is 11.2. The summed E-state index contributed by atoms with van der Waals surface area (Å²) in [6.45, 7) is 9.85. The lowest BCUT2D eigenvalue weighted by Crippen LogP contribution is -2.53. The molecule has 1 unspecified atom stereocenters. The molecule has 8 nitrogen and oxygen atoms in total. The van der Waals surface area contributed by atoms with Crippen molar-refractivity contribution in [3.63, 3.8) is 0 Å². The second-order valence-corrected chi connectivity index (χ2v) is 7.93. The van der Waals surface area contributed by atoms with E-state index >= 15 is 0 Å². The number of anilines is 1. The average molecular weight is 567 g/mol. The van der Waals surface area contributed by atoms with Gasteiger partial charge in [-0.25, -0.2) is 4.99 Å². The van der Waals surface area contributed by atoms with Gasteiger partial charge < -0.3 is 24.9 Å². The van der Waals surface area contributed by atoms with Crippen molar-refractivity contribution in [2.45, 2.75) is 33.7 Å². The highest BCUT2D eigenvalue weighted by Gasteiger charge is 2.25. The predicted octanol–water partition coefficient (Wildman–Crippen LogP) is 3.81. The summed E-state index contributed by atoms with van der Waals surface area (Å²) < 4.78 is 5.23.